The fraction of sp³-hybridized carbons (Fsp3) is 0.867. The molecule has 21 heavy (non-hydrogen) atoms. The third kappa shape index (κ3) is 4.05. The maximum Gasteiger partial charge on any atom is 0.329 e. The highest BCUT2D eigenvalue weighted by molar-refractivity contribution is 8.00. The molecule has 5 nitrogen and oxygen atoms in total. The maximum atomic E-state index is 12.5. The van der Waals surface area contributed by atoms with Crippen LogP contribution >= 0.6 is 11.8 Å². The monoisotopic (exact) mass is 314 g/mol. The largest absolute Gasteiger partial charge is 0.480 e. The van der Waals surface area contributed by atoms with E-state index >= 15 is 0 Å². The molecule has 0 bridgehead atoms. The molecule has 2 aliphatic rings. The Bertz CT molecular complexity index is 404. The number of carboxylic acids is 1. The van der Waals surface area contributed by atoms with Crippen molar-refractivity contribution in [3.05, 3.63) is 0 Å². The molecule has 1 aliphatic carbocycles. The molecule has 1 heterocycles. The summed E-state index contributed by atoms with van der Waals surface area (Å²) in [6.45, 7) is 5.60. The molecule has 0 unspecified atom stereocenters. The van der Waals surface area contributed by atoms with E-state index in [1.807, 2.05) is 11.8 Å². The molecular formula is C15H26N2O3S. The first-order valence-corrected chi connectivity index (χ1v) is 8.78. The number of nitrogens with zero attached hydrogens (tertiary/aromatic N) is 1. The minimum absolute atomic E-state index is 0.0371. The highest BCUT2D eigenvalue weighted by Gasteiger charge is 2.42. The molecule has 1 saturated heterocycles. The van der Waals surface area contributed by atoms with Crippen LogP contribution in [0.25, 0.3) is 0 Å². The lowest BCUT2D eigenvalue weighted by atomic mass is 9.90. The molecule has 2 rings (SSSR count). The van der Waals surface area contributed by atoms with E-state index in [-0.39, 0.29) is 10.8 Å². The van der Waals surface area contributed by atoms with Gasteiger partial charge in [-0.2, -0.15) is 11.8 Å². The summed E-state index contributed by atoms with van der Waals surface area (Å²) in [5, 5.41) is 12.5. The van der Waals surface area contributed by atoms with Crippen molar-refractivity contribution in [2.24, 2.45) is 0 Å². The molecule has 2 N–H and O–H groups in total. The number of carbonyl (C=O) groups excluding carboxylic acids is 1. The lowest BCUT2D eigenvalue weighted by Crippen LogP contribution is -2.60. The summed E-state index contributed by atoms with van der Waals surface area (Å²) >= 11 is 1.86. The van der Waals surface area contributed by atoms with Gasteiger partial charge in [-0.05, 0) is 26.7 Å². The zero-order valence-electron chi connectivity index (χ0n) is 13.0. The fourth-order valence-corrected chi connectivity index (χ4v) is 4.31. The highest BCUT2D eigenvalue weighted by Crippen LogP contribution is 2.31. The lowest BCUT2D eigenvalue weighted by Gasteiger charge is -2.39. The molecule has 2 amide bonds. The van der Waals surface area contributed by atoms with Crippen molar-refractivity contribution >= 4 is 23.8 Å². The minimum Gasteiger partial charge on any atom is -0.480 e. The second kappa shape index (κ2) is 6.46. The van der Waals surface area contributed by atoms with Gasteiger partial charge in [0.2, 0.25) is 0 Å². The molecule has 0 aromatic rings. The normalized spacial score (nSPS) is 25.0. The van der Waals surface area contributed by atoms with Crippen LogP contribution in [0.2, 0.25) is 0 Å². The Morgan fingerprint density at radius 3 is 2.29 bits per heavy atom. The summed E-state index contributed by atoms with van der Waals surface area (Å²) in [5.74, 6) is 0.0175. The van der Waals surface area contributed by atoms with E-state index in [1.165, 1.54) is 0 Å². The molecule has 0 aromatic carbocycles. The zero-order chi connectivity index (χ0) is 15.5. The molecule has 120 valence electrons. The van der Waals surface area contributed by atoms with E-state index in [4.69, 9.17) is 0 Å². The molecule has 0 atom stereocenters. The standard InChI is InChI=1S/C15H26N2O3S/c1-14(2)11-17(9-10-21-14)13(20)16-15(12(18)19)7-5-3-4-6-8-15/h3-11H2,1-2H3,(H,16,20)(H,18,19). The third-order valence-corrected chi connectivity index (χ3v) is 5.72. The van der Waals surface area contributed by atoms with Gasteiger partial charge < -0.3 is 15.3 Å². The van der Waals surface area contributed by atoms with Gasteiger partial charge >= 0.3 is 12.0 Å². The van der Waals surface area contributed by atoms with E-state index in [0.717, 1.165) is 31.4 Å². The summed E-state index contributed by atoms with van der Waals surface area (Å²) < 4.78 is 0.0371. The van der Waals surface area contributed by atoms with E-state index in [0.29, 0.717) is 25.9 Å². The SMILES string of the molecule is CC1(C)CN(C(=O)NC2(C(=O)O)CCCCCC2)CCS1. The number of carboxylic acid groups (broad SMARTS) is 1. The fourth-order valence-electron chi connectivity index (χ4n) is 3.20. The summed E-state index contributed by atoms with van der Waals surface area (Å²) in [6.07, 6.45) is 4.93. The Kier molecular flexibility index (Phi) is 5.07. The quantitative estimate of drug-likeness (QED) is 0.769. The predicted octanol–water partition coefficient (Wildman–Crippen LogP) is 2.70. The van der Waals surface area contributed by atoms with Gasteiger partial charge in [0, 0.05) is 23.6 Å². The smallest absolute Gasteiger partial charge is 0.329 e. The van der Waals surface area contributed by atoms with Crippen LogP contribution in [0.3, 0.4) is 0 Å². The van der Waals surface area contributed by atoms with Crippen LogP contribution in [0.4, 0.5) is 4.79 Å². The van der Waals surface area contributed by atoms with Gasteiger partial charge in [0.15, 0.2) is 0 Å². The number of thioether (sulfide) groups is 1. The molecule has 0 radical (unpaired) electrons. The Labute approximate surface area is 130 Å². The summed E-state index contributed by atoms with van der Waals surface area (Å²) in [5.41, 5.74) is -1.07. The number of nitrogens with one attached hydrogen (secondary N) is 1. The van der Waals surface area contributed by atoms with Crippen LogP contribution in [0.15, 0.2) is 0 Å². The van der Waals surface area contributed by atoms with Crippen LogP contribution in [-0.4, -0.2) is 51.1 Å². The van der Waals surface area contributed by atoms with E-state index in [1.54, 1.807) is 4.90 Å². The molecular weight excluding hydrogens is 288 g/mol. The van der Waals surface area contributed by atoms with Crippen LogP contribution in [0.1, 0.15) is 52.4 Å². The Balaban J connectivity index is 2.06. The van der Waals surface area contributed by atoms with Crippen molar-refractivity contribution in [1.82, 2.24) is 10.2 Å². The molecule has 0 aromatic heterocycles. The van der Waals surface area contributed by atoms with Crippen molar-refractivity contribution in [3.8, 4) is 0 Å². The number of carbonyl (C=O) groups is 2. The van der Waals surface area contributed by atoms with Gasteiger partial charge in [-0.1, -0.05) is 25.7 Å². The molecule has 1 aliphatic heterocycles. The molecule has 2 fully saturated rings. The number of amides is 2. The molecule has 1 saturated carbocycles. The number of rotatable bonds is 2. The van der Waals surface area contributed by atoms with Gasteiger partial charge in [0.25, 0.3) is 0 Å². The van der Waals surface area contributed by atoms with Crippen molar-refractivity contribution in [3.63, 3.8) is 0 Å². The second-order valence-electron chi connectivity index (χ2n) is 6.76. The van der Waals surface area contributed by atoms with E-state index < -0.39 is 11.5 Å². The van der Waals surface area contributed by atoms with Crippen LogP contribution < -0.4 is 5.32 Å². The summed E-state index contributed by atoms with van der Waals surface area (Å²) in [7, 11) is 0. The van der Waals surface area contributed by atoms with Crippen molar-refractivity contribution in [1.29, 1.82) is 0 Å². The van der Waals surface area contributed by atoms with Crippen molar-refractivity contribution in [2.45, 2.75) is 62.7 Å². The van der Waals surface area contributed by atoms with Gasteiger partial charge in [-0.15, -0.1) is 0 Å². The molecule has 6 heteroatoms. The highest BCUT2D eigenvalue weighted by atomic mass is 32.2. The topological polar surface area (TPSA) is 69.6 Å². The molecule has 0 spiro atoms. The third-order valence-electron chi connectivity index (χ3n) is 4.43. The van der Waals surface area contributed by atoms with Crippen molar-refractivity contribution in [2.75, 3.05) is 18.8 Å². The number of hydrogen-bond acceptors (Lipinski definition) is 3. The maximum absolute atomic E-state index is 12.5. The first-order valence-electron chi connectivity index (χ1n) is 7.79. The number of aliphatic carboxylic acids is 1. The second-order valence-corrected chi connectivity index (χ2v) is 8.56. The predicted molar refractivity (Wildman–Crippen MR) is 84.7 cm³/mol. The van der Waals surface area contributed by atoms with Gasteiger partial charge in [-0.3, -0.25) is 0 Å². The van der Waals surface area contributed by atoms with Crippen LogP contribution in [-0.2, 0) is 4.79 Å². The van der Waals surface area contributed by atoms with Crippen LogP contribution in [0.5, 0.6) is 0 Å². The Hall–Kier alpha value is -0.910. The van der Waals surface area contributed by atoms with Gasteiger partial charge in [-0.25, -0.2) is 9.59 Å². The number of hydrogen-bond donors (Lipinski definition) is 2. The van der Waals surface area contributed by atoms with Crippen molar-refractivity contribution < 1.29 is 14.7 Å². The average Bonchev–Trinajstić information content (AvgIpc) is 2.64. The summed E-state index contributed by atoms with van der Waals surface area (Å²) in [4.78, 5) is 26.0. The Morgan fingerprint density at radius 1 is 1.14 bits per heavy atom. The first-order chi connectivity index (χ1) is 9.85. The average molecular weight is 314 g/mol. The Morgan fingerprint density at radius 2 is 1.76 bits per heavy atom. The first kappa shape index (κ1) is 16.5. The zero-order valence-corrected chi connectivity index (χ0v) is 13.8. The number of urea groups is 1. The van der Waals surface area contributed by atoms with E-state index in [2.05, 4.69) is 19.2 Å². The van der Waals surface area contributed by atoms with Gasteiger partial charge in [0.1, 0.15) is 5.54 Å². The minimum atomic E-state index is -1.07. The van der Waals surface area contributed by atoms with Gasteiger partial charge in [0.05, 0.1) is 0 Å². The van der Waals surface area contributed by atoms with E-state index in [9.17, 15) is 14.7 Å². The summed E-state index contributed by atoms with van der Waals surface area (Å²) in [6, 6.07) is -0.215. The lowest BCUT2D eigenvalue weighted by molar-refractivity contribution is -0.145. The van der Waals surface area contributed by atoms with Crippen LogP contribution in [0, 0.1) is 0 Å².